The van der Waals surface area contributed by atoms with Crippen molar-refractivity contribution < 1.29 is 0 Å². The zero-order valence-corrected chi connectivity index (χ0v) is 24.2. The van der Waals surface area contributed by atoms with Gasteiger partial charge >= 0.3 is 0 Å². The van der Waals surface area contributed by atoms with Crippen LogP contribution in [0.3, 0.4) is 0 Å². The predicted octanol–water partition coefficient (Wildman–Crippen LogP) is 6.45. The molecule has 0 saturated carbocycles. The molecule has 1 N–H and O–H groups in total. The van der Waals surface area contributed by atoms with Crippen molar-refractivity contribution in [2.24, 2.45) is 0 Å². The third-order valence-electron chi connectivity index (χ3n) is 7.84. The second-order valence-electron chi connectivity index (χ2n) is 10.6. The molecule has 1 aliphatic heterocycles. The van der Waals surface area contributed by atoms with Crippen molar-refractivity contribution >= 4 is 34.3 Å². The Hall–Kier alpha value is -4.14. The number of halogens is 1. The largest absolute Gasteiger partial charge is 0.324 e. The normalized spacial score (nSPS) is 14.4. The van der Waals surface area contributed by atoms with Gasteiger partial charge in [0.15, 0.2) is 0 Å². The van der Waals surface area contributed by atoms with Crippen LogP contribution in [0.15, 0.2) is 71.9 Å². The molecule has 0 amide bonds. The Kier molecular flexibility index (Phi) is 7.51. The second kappa shape index (κ2) is 11.4. The molecule has 1 aliphatic rings. The van der Waals surface area contributed by atoms with E-state index in [2.05, 4.69) is 56.5 Å². The fraction of sp³-hybridized carbons (Fsp3) is 0.281. The van der Waals surface area contributed by atoms with Gasteiger partial charge < -0.3 is 10.2 Å². The number of piperidine rings is 1. The number of nitrogens with one attached hydrogen (secondary N) is 1. The van der Waals surface area contributed by atoms with E-state index in [1.807, 2.05) is 38.1 Å². The van der Waals surface area contributed by atoms with E-state index in [1.54, 1.807) is 23.2 Å². The van der Waals surface area contributed by atoms with E-state index in [0.717, 1.165) is 41.1 Å². The Balaban J connectivity index is 1.28. The number of nitrogens with zero attached hydrogens (tertiary/aromatic N) is 6. The van der Waals surface area contributed by atoms with E-state index in [0.29, 0.717) is 40.2 Å². The number of likely N-dealkylation sites (tertiary alicyclic amines) is 1. The van der Waals surface area contributed by atoms with Crippen molar-refractivity contribution in [1.29, 1.82) is 0 Å². The fourth-order valence-corrected chi connectivity index (χ4v) is 5.73. The van der Waals surface area contributed by atoms with E-state index >= 15 is 0 Å². The second-order valence-corrected chi connectivity index (χ2v) is 11.0. The molecule has 1 saturated heterocycles. The number of aryl methyl sites for hydroxylation is 2. The minimum Gasteiger partial charge on any atom is -0.324 e. The molecule has 208 valence electrons. The van der Waals surface area contributed by atoms with Gasteiger partial charge in [0.1, 0.15) is 5.65 Å². The summed E-state index contributed by atoms with van der Waals surface area (Å²) in [4.78, 5) is 34.1. The summed E-state index contributed by atoms with van der Waals surface area (Å²) < 4.78 is 1.66. The van der Waals surface area contributed by atoms with Crippen molar-refractivity contribution in [1.82, 2.24) is 29.4 Å². The highest BCUT2D eigenvalue weighted by Gasteiger charge is 2.19. The Bertz CT molecular complexity index is 1760. The first-order chi connectivity index (χ1) is 19.9. The molecule has 5 aromatic rings. The fourth-order valence-electron chi connectivity index (χ4n) is 5.45. The number of anilines is 2. The first kappa shape index (κ1) is 27.1. The van der Waals surface area contributed by atoms with Crippen LogP contribution in [0.4, 0.5) is 11.6 Å². The third-order valence-corrected chi connectivity index (χ3v) is 8.15. The van der Waals surface area contributed by atoms with Crippen molar-refractivity contribution in [3.63, 3.8) is 0 Å². The van der Waals surface area contributed by atoms with Crippen LogP contribution in [-0.4, -0.2) is 49.5 Å². The quantitative estimate of drug-likeness (QED) is 0.253. The lowest BCUT2D eigenvalue weighted by Crippen LogP contribution is -2.29. The monoisotopic (exact) mass is 565 g/mol. The number of pyridine rings is 1. The maximum absolute atomic E-state index is 13.6. The summed E-state index contributed by atoms with van der Waals surface area (Å²) in [6, 6.07) is 15.9. The van der Waals surface area contributed by atoms with Crippen molar-refractivity contribution in [2.45, 2.75) is 39.2 Å². The molecule has 8 nitrogen and oxygen atoms in total. The number of fused-ring (bicyclic) bond motifs is 1. The summed E-state index contributed by atoms with van der Waals surface area (Å²) in [7, 11) is 2.18. The van der Waals surface area contributed by atoms with Gasteiger partial charge in [-0.15, -0.1) is 0 Å². The van der Waals surface area contributed by atoms with E-state index in [4.69, 9.17) is 16.6 Å². The molecule has 6 rings (SSSR count). The minimum atomic E-state index is -0.156. The van der Waals surface area contributed by atoms with Gasteiger partial charge in [0.05, 0.1) is 17.6 Å². The summed E-state index contributed by atoms with van der Waals surface area (Å²) in [6.07, 6.45) is 7.55. The molecule has 0 radical (unpaired) electrons. The van der Waals surface area contributed by atoms with E-state index in [-0.39, 0.29) is 5.56 Å². The number of hydrogen-bond donors (Lipinski definition) is 1. The van der Waals surface area contributed by atoms with Crippen LogP contribution < -0.4 is 10.9 Å². The molecule has 41 heavy (non-hydrogen) atoms. The Morgan fingerprint density at radius 2 is 1.73 bits per heavy atom. The third kappa shape index (κ3) is 5.58. The maximum Gasteiger partial charge on any atom is 0.260 e. The molecule has 0 atom stereocenters. The van der Waals surface area contributed by atoms with Gasteiger partial charge in [-0.05, 0) is 82.6 Å². The maximum atomic E-state index is 13.6. The summed E-state index contributed by atoms with van der Waals surface area (Å²) in [6.45, 7) is 6.55. The molecule has 3 aromatic heterocycles. The summed E-state index contributed by atoms with van der Waals surface area (Å²) >= 11 is 6.71. The van der Waals surface area contributed by atoms with Crippen LogP contribution >= 0.6 is 11.6 Å². The van der Waals surface area contributed by atoms with Crippen molar-refractivity contribution in [2.75, 3.05) is 25.5 Å². The van der Waals surface area contributed by atoms with Crippen LogP contribution in [0.5, 0.6) is 0 Å². The molecule has 1 fully saturated rings. The van der Waals surface area contributed by atoms with Gasteiger partial charge in [-0.25, -0.2) is 4.98 Å². The van der Waals surface area contributed by atoms with Gasteiger partial charge in [0, 0.05) is 51.7 Å². The van der Waals surface area contributed by atoms with Crippen LogP contribution in [0.2, 0.25) is 5.02 Å². The van der Waals surface area contributed by atoms with Gasteiger partial charge in [-0.1, -0.05) is 35.9 Å². The van der Waals surface area contributed by atoms with Crippen LogP contribution in [0.25, 0.3) is 33.4 Å². The summed E-state index contributed by atoms with van der Waals surface area (Å²) in [5, 5.41) is 4.53. The molecular formula is C32H32ClN7O. The van der Waals surface area contributed by atoms with E-state index in [1.165, 1.54) is 18.4 Å². The van der Waals surface area contributed by atoms with Gasteiger partial charge in [-0.2, -0.15) is 4.98 Å². The minimum absolute atomic E-state index is 0.156. The lowest BCUT2D eigenvalue weighted by Gasteiger charge is -2.29. The SMILES string of the molecule is CCn1c(=O)c(-c2ccc(-c3cnc(C)cn3)cc2Cl)cc2cnc(Nc3ccc(C4CCN(C)CC4)cc3)nc21. The lowest BCUT2D eigenvalue weighted by molar-refractivity contribution is 0.255. The highest BCUT2D eigenvalue weighted by atomic mass is 35.5. The number of aromatic nitrogens is 5. The Morgan fingerprint density at radius 1 is 0.951 bits per heavy atom. The van der Waals surface area contributed by atoms with Crippen LogP contribution in [0.1, 0.15) is 36.9 Å². The molecule has 2 aromatic carbocycles. The standard InChI is InChI=1S/C32H32ClN7O/c1-4-40-30-24(15-27(31(40)41)26-10-7-23(16-28(26)33)29-19-34-20(2)17-35-29)18-36-32(38-30)37-25-8-5-21(6-9-25)22-11-13-39(3)14-12-22/h5-10,15-19,22H,4,11-14H2,1-3H3,(H,36,37,38). The number of benzene rings is 2. The van der Waals surface area contributed by atoms with Gasteiger partial charge in [0.2, 0.25) is 5.95 Å². The van der Waals surface area contributed by atoms with Crippen molar-refractivity contribution in [3.8, 4) is 22.4 Å². The molecule has 0 spiro atoms. The van der Waals surface area contributed by atoms with Crippen molar-refractivity contribution in [3.05, 3.63) is 93.8 Å². The van der Waals surface area contributed by atoms with Gasteiger partial charge in [0.25, 0.3) is 5.56 Å². The average molecular weight is 566 g/mol. The average Bonchev–Trinajstić information content (AvgIpc) is 2.98. The highest BCUT2D eigenvalue weighted by molar-refractivity contribution is 6.33. The molecule has 9 heteroatoms. The predicted molar refractivity (Wildman–Crippen MR) is 165 cm³/mol. The lowest BCUT2D eigenvalue weighted by atomic mass is 9.89. The smallest absolute Gasteiger partial charge is 0.260 e. The molecular weight excluding hydrogens is 534 g/mol. The summed E-state index contributed by atoms with van der Waals surface area (Å²) in [5.41, 5.74) is 6.24. The molecule has 0 aliphatic carbocycles. The number of hydrogen-bond acceptors (Lipinski definition) is 7. The van der Waals surface area contributed by atoms with E-state index < -0.39 is 0 Å². The highest BCUT2D eigenvalue weighted by Crippen LogP contribution is 2.32. The Morgan fingerprint density at radius 3 is 2.41 bits per heavy atom. The summed E-state index contributed by atoms with van der Waals surface area (Å²) in [5.74, 6) is 1.05. The molecule has 0 bridgehead atoms. The van der Waals surface area contributed by atoms with Gasteiger partial charge in [-0.3, -0.25) is 19.3 Å². The van der Waals surface area contributed by atoms with Crippen LogP contribution in [-0.2, 0) is 6.54 Å². The van der Waals surface area contributed by atoms with Crippen LogP contribution in [0, 0.1) is 6.92 Å². The first-order valence-corrected chi connectivity index (χ1v) is 14.3. The number of rotatable bonds is 6. The molecule has 0 unspecified atom stereocenters. The zero-order chi connectivity index (χ0) is 28.5. The topological polar surface area (TPSA) is 88.8 Å². The zero-order valence-electron chi connectivity index (χ0n) is 23.4. The first-order valence-electron chi connectivity index (χ1n) is 13.9. The Labute approximate surface area is 244 Å². The molecule has 4 heterocycles. The van der Waals surface area contributed by atoms with E-state index in [9.17, 15) is 4.79 Å².